The lowest BCUT2D eigenvalue weighted by atomic mass is 9.96. The van der Waals surface area contributed by atoms with Gasteiger partial charge in [-0.25, -0.2) is 9.18 Å². The first-order valence-corrected chi connectivity index (χ1v) is 12.1. The fourth-order valence-electron chi connectivity index (χ4n) is 3.98. The molecule has 2 atom stereocenters. The van der Waals surface area contributed by atoms with Gasteiger partial charge in [0.2, 0.25) is 0 Å². The molecule has 2 aliphatic rings. The minimum absolute atomic E-state index is 0.0874. The highest BCUT2D eigenvalue weighted by molar-refractivity contribution is 8.13. The number of ether oxygens (including phenoxy) is 1. The summed E-state index contributed by atoms with van der Waals surface area (Å²) in [5.41, 5.74) is 0.0663. The molecule has 33 heavy (non-hydrogen) atoms. The van der Waals surface area contributed by atoms with Crippen molar-refractivity contribution >= 4 is 40.4 Å². The highest BCUT2D eigenvalue weighted by Gasteiger charge is 2.57. The van der Waals surface area contributed by atoms with Crippen LogP contribution in [0.1, 0.15) is 55.2 Å². The normalized spacial score (nSPS) is 22.0. The summed E-state index contributed by atoms with van der Waals surface area (Å²) >= 11 is 7.27. The predicted octanol–water partition coefficient (Wildman–Crippen LogP) is 5.53. The van der Waals surface area contributed by atoms with Gasteiger partial charge in [0.25, 0.3) is 0 Å². The van der Waals surface area contributed by atoms with E-state index in [0.717, 1.165) is 12.2 Å². The highest BCUT2D eigenvalue weighted by atomic mass is 35.5. The molecular weight excluding hydrogens is 465 g/mol. The van der Waals surface area contributed by atoms with Crippen LogP contribution in [0.2, 0.25) is 5.02 Å². The van der Waals surface area contributed by atoms with Crippen LogP contribution in [0.3, 0.4) is 0 Å². The van der Waals surface area contributed by atoms with Crippen LogP contribution in [-0.2, 0) is 16.7 Å². The monoisotopic (exact) mass is 489 g/mol. The number of amides is 1. The van der Waals surface area contributed by atoms with E-state index in [1.165, 1.54) is 24.0 Å². The van der Waals surface area contributed by atoms with Crippen LogP contribution < -0.4 is 5.32 Å². The van der Waals surface area contributed by atoms with Gasteiger partial charge in [-0.05, 0) is 69.4 Å². The number of thioether (sulfide) groups is 1. The number of fused-ring (bicyclic) bond motifs is 1. The molecular formula is C24H25ClFN3O3S. The lowest BCUT2D eigenvalue weighted by Crippen LogP contribution is -2.35. The number of Topliss-reactive ketones (excluding diaryl/α,β-unsaturated/α-hetero) is 1. The zero-order valence-electron chi connectivity index (χ0n) is 18.7. The Morgan fingerprint density at radius 2 is 2.09 bits per heavy atom. The van der Waals surface area contributed by atoms with Gasteiger partial charge in [0.15, 0.2) is 11.0 Å². The van der Waals surface area contributed by atoms with Crippen molar-refractivity contribution in [2.75, 3.05) is 5.75 Å². The summed E-state index contributed by atoms with van der Waals surface area (Å²) < 4.78 is 20.3. The number of rotatable bonds is 4. The third-order valence-corrected chi connectivity index (χ3v) is 6.69. The van der Waals surface area contributed by atoms with E-state index in [1.54, 1.807) is 45.0 Å². The van der Waals surface area contributed by atoms with Gasteiger partial charge in [-0.2, -0.15) is 0 Å². The van der Waals surface area contributed by atoms with Crippen LogP contribution >= 0.6 is 23.4 Å². The second-order valence-corrected chi connectivity index (χ2v) is 10.8. The third-order valence-electron chi connectivity index (χ3n) is 5.56. The highest BCUT2D eigenvalue weighted by Crippen LogP contribution is 2.59. The third kappa shape index (κ3) is 5.55. The molecule has 1 aliphatic heterocycles. The van der Waals surface area contributed by atoms with Crippen molar-refractivity contribution in [2.45, 2.75) is 51.2 Å². The Morgan fingerprint density at radius 3 is 2.79 bits per heavy atom. The second-order valence-electron chi connectivity index (χ2n) is 9.28. The number of aliphatic imine (C=N–C) groups is 1. The molecule has 0 bridgehead atoms. The van der Waals surface area contributed by atoms with E-state index in [-0.39, 0.29) is 23.9 Å². The van der Waals surface area contributed by atoms with E-state index in [4.69, 9.17) is 21.3 Å². The largest absolute Gasteiger partial charge is 0.444 e. The van der Waals surface area contributed by atoms with Crippen molar-refractivity contribution < 1.29 is 18.7 Å². The standard InChI is InChI=1S/C24H25ClFN3O3S/c1-23(2,3)32-22(31)28-21-29-24(12-15(24)8-9-33-21)17-10-14(4-6-18(17)26)11-20(30)19-7-5-16(25)13-27-19/h4-7,10,13,15H,8-9,11-12H2,1-3H3,(H,28,29,31)/t15-,24+/m1/s1. The van der Waals surface area contributed by atoms with Crippen LogP contribution in [0.25, 0.3) is 0 Å². The Bertz CT molecular complexity index is 1120. The molecule has 0 spiro atoms. The van der Waals surface area contributed by atoms with Gasteiger partial charge < -0.3 is 4.74 Å². The zero-order valence-corrected chi connectivity index (χ0v) is 20.2. The molecule has 9 heteroatoms. The number of pyridine rings is 1. The second kappa shape index (κ2) is 9.06. The van der Waals surface area contributed by atoms with Crippen LogP contribution in [0.4, 0.5) is 9.18 Å². The van der Waals surface area contributed by atoms with Crippen LogP contribution in [-0.4, -0.2) is 33.4 Å². The smallest absolute Gasteiger partial charge is 0.413 e. The van der Waals surface area contributed by atoms with E-state index in [0.29, 0.717) is 33.4 Å². The summed E-state index contributed by atoms with van der Waals surface area (Å²) in [6.07, 6.45) is 2.48. The average Bonchev–Trinajstić information content (AvgIpc) is 3.43. The maximum absolute atomic E-state index is 15.0. The SMILES string of the molecule is CC(C)(C)OC(=O)NC1=N[C@@]2(c3cc(CC(=O)c4ccc(Cl)cn4)ccc3F)C[C@H]2CCS1. The number of ketones is 1. The van der Waals surface area contributed by atoms with E-state index in [1.807, 2.05) is 0 Å². The van der Waals surface area contributed by atoms with Gasteiger partial charge in [0, 0.05) is 23.9 Å². The summed E-state index contributed by atoms with van der Waals surface area (Å²) in [4.78, 5) is 33.7. The minimum Gasteiger partial charge on any atom is -0.444 e. The van der Waals surface area contributed by atoms with Crippen LogP contribution in [0.15, 0.2) is 41.5 Å². The van der Waals surface area contributed by atoms with Gasteiger partial charge >= 0.3 is 6.09 Å². The first kappa shape index (κ1) is 23.7. The Hall–Kier alpha value is -2.45. The van der Waals surface area contributed by atoms with E-state index in [2.05, 4.69) is 10.3 Å². The van der Waals surface area contributed by atoms with Crippen molar-refractivity contribution in [3.63, 3.8) is 0 Å². The molecule has 1 aromatic carbocycles. The molecule has 1 saturated carbocycles. The maximum Gasteiger partial charge on any atom is 0.413 e. The molecule has 1 aromatic heterocycles. The molecule has 1 aliphatic carbocycles. The van der Waals surface area contributed by atoms with Crippen molar-refractivity contribution in [1.82, 2.24) is 10.3 Å². The van der Waals surface area contributed by atoms with Gasteiger partial charge in [0.1, 0.15) is 17.1 Å². The van der Waals surface area contributed by atoms with Crippen molar-refractivity contribution in [3.8, 4) is 0 Å². The number of alkyl carbamates (subject to hydrolysis) is 1. The number of hydrogen-bond donors (Lipinski definition) is 1. The predicted molar refractivity (Wildman–Crippen MR) is 127 cm³/mol. The molecule has 6 nitrogen and oxygen atoms in total. The van der Waals surface area contributed by atoms with E-state index < -0.39 is 17.2 Å². The van der Waals surface area contributed by atoms with Gasteiger partial charge in [-0.15, -0.1) is 0 Å². The number of hydrogen-bond acceptors (Lipinski definition) is 6. The summed E-state index contributed by atoms with van der Waals surface area (Å²) in [6.45, 7) is 5.36. The molecule has 1 amide bonds. The number of nitrogens with zero attached hydrogens (tertiary/aromatic N) is 2. The average molecular weight is 490 g/mol. The van der Waals surface area contributed by atoms with Gasteiger partial charge in [0.05, 0.1) is 10.6 Å². The molecule has 1 N–H and O–H groups in total. The molecule has 0 unspecified atom stereocenters. The Kier molecular flexibility index (Phi) is 6.51. The topological polar surface area (TPSA) is 80.6 Å². The first-order chi connectivity index (χ1) is 15.6. The number of nitrogens with one attached hydrogen (secondary N) is 1. The van der Waals surface area contributed by atoms with Crippen LogP contribution in [0, 0.1) is 11.7 Å². The zero-order chi connectivity index (χ0) is 23.8. The molecule has 2 heterocycles. The number of carbonyl (C=O) groups is 2. The molecule has 0 radical (unpaired) electrons. The summed E-state index contributed by atoms with van der Waals surface area (Å²) in [5, 5.41) is 3.60. The minimum atomic E-state index is -0.741. The van der Waals surface area contributed by atoms with Crippen LogP contribution in [0.5, 0.6) is 0 Å². The maximum atomic E-state index is 15.0. The summed E-state index contributed by atoms with van der Waals surface area (Å²) in [5.74, 6) is 0.400. The first-order valence-electron chi connectivity index (χ1n) is 10.7. The van der Waals surface area contributed by atoms with Crippen molar-refractivity contribution in [2.24, 2.45) is 10.9 Å². The summed E-state index contributed by atoms with van der Waals surface area (Å²) in [6, 6.07) is 7.89. The van der Waals surface area contributed by atoms with E-state index >= 15 is 0 Å². The van der Waals surface area contributed by atoms with Crippen molar-refractivity contribution in [1.29, 1.82) is 0 Å². The number of carbonyl (C=O) groups excluding carboxylic acids is 2. The fourth-order valence-corrected chi connectivity index (χ4v) is 5.07. The molecule has 1 fully saturated rings. The van der Waals surface area contributed by atoms with E-state index in [9.17, 15) is 14.0 Å². The molecule has 174 valence electrons. The fraction of sp³-hybridized carbons (Fsp3) is 0.417. The number of amidine groups is 1. The lowest BCUT2D eigenvalue weighted by Gasteiger charge is -2.20. The summed E-state index contributed by atoms with van der Waals surface area (Å²) in [7, 11) is 0. The van der Waals surface area contributed by atoms with Crippen molar-refractivity contribution in [3.05, 3.63) is 64.2 Å². The molecule has 0 saturated heterocycles. The number of halogens is 2. The molecule has 4 rings (SSSR count). The Balaban J connectivity index is 1.57. The Labute approximate surface area is 201 Å². The quantitative estimate of drug-likeness (QED) is 0.571. The lowest BCUT2D eigenvalue weighted by molar-refractivity contribution is 0.0564. The number of benzene rings is 1. The Morgan fingerprint density at radius 1 is 1.30 bits per heavy atom. The van der Waals surface area contributed by atoms with Gasteiger partial charge in [-0.1, -0.05) is 29.4 Å². The molecule has 2 aromatic rings. The number of aromatic nitrogens is 1. The van der Waals surface area contributed by atoms with Gasteiger partial charge in [-0.3, -0.25) is 20.1 Å².